The quantitative estimate of drug-likeness (QED) is 0.923. The van der Waals surface area contributed by atoms with Crippen LogP contribution in [0.15, 0.2) is 18.2 Å². The third-order valence-corrected chi connectivity index (χ3v) is 3.36. The predicted molar refractivity (Wildman–Crippen MR) is 68.7 cm³/mol. The number of hydrogen-bond donors (Lipinski definition) is 1. The first kappa shape index (κ1) is 14.1. The molecule has 1 amide bonds. The Labute approximate surface area is 115 Å². The van der Waals surface area contributed by atoms with Gasteiger partial charge in [0.25, 0.3) is 5.91 Å². The average molecular weight is 288 g/mol. The lowest BCUT2D eigenvalue weighted by Gasteiger charge is -2.29. The highest BCUT2D eigenvalue weighted by Gasteiger charge is 2.21. The van der Waals surface area contributed by atoms with Crippen molar-refractivity contribution >= 4 is 17.5 Å². The van der Waals surface area contributed by atoms with Crippen molar-refractivity contribution in [1.29, 1.82) is 0 Å². The van der Waals surface area contributed by atoms with Crippen LogP contribution in [0.25, 0.3) is 0 Å². The highest BCUT2D eigenvalue weighted by molar-refractivity contribution is 6.32. The summed E-state index contributed by atoms with van der Waals surface area (Å²) in [5.41, 5.74) is 0. The van der Waals surface area contributed by atoms with Crippen LogP contribution in [0.1, 0.15) is 12.8 Å². The zero-order chi connectivity index (χ0) is 13.8. The molecule has 0 aromatic heterocycles. The molecule has 104 valence electrons. The van der Waals surface area contributed by atoms with E-state index in [-0.39, 0.29) is 29.4 Å². The number of halogens is 2. The van der Waals surface area contributed by atoms with Crippen LogP contribution < -0.4 is 4.74 Å². The first-order valence-electron chi connectivity index (χ1n) is 6.10. The van der Waals surface area contributed by atoms with E-state index < -0.39 is 5.82 Å². The molecule has 0 saturated carbocycles. The van der Waals surface area contributed by atoms with Crippen molar-refractivity contribution in [3.63, 3.8) is 0 Å². The molecule has 0 unspecified atom stereocenters. The molecule has 1 saturated heterocycles. The van der Waals surface area contributed by atoms with Crippen LogP contribution in [0.5, 0.6) is 5.75 Å². The highest BCUT2D eigenvalue weighted by Crippen LogP contribution is 2.24. The minimum Gasteiger partial charge on any atom is -0.482 e. The van der Waals surface area contributed by atoms with Crippen LogP contribution in [0.4, 0.5) is 4.39 Å². The molecule has 0 bridgehead atoms. The summed E-state index contributed by atoms with van der Waals surface area (Å²) in [7, 11) is 0. The van der Waals surface area contributed by atoms with E-state index in [4.69, 9.17) is 16.3 Å². The Balaban J connectivity index is 1.86. The van der Waals surface area contributed by atoms with Crippen LogP contribution in [0, 0.1) is 5.82 Å². The molecule has 1 aliphatic rings. The summed E-state index contributed by atoms with van der Waals surface area (Å²) < 4.78 is 18.1. The molecule has 1 aromatic carbocycles. The molecule has 0 aliphatic carbocycles. The number of rotatable bonds is 3. The minimum absolute atomic E-state index is 0.137. The lowest BCUT2D eigenvalue weighted by Crippen LogP contribution is -2.42. The fourth-order valence-corrected chi connectivity index (χ4v) is 2.16. The number of hydrogen-bond acceptors (Lipinski definition) is 3. The molecule has 6 heteroatoms. The largest absolute Gasteiger partial charge is 0.482 e. The molecule has 19 heavy (non-hydrogen) atoms. The van der Waals surface area contributed by atoms with E-state index >= 15 is 0 Å². The first-order chi connectivity index (χ1) is 9.06. The Kier molecular flexibility index (Phi) is 4.61. The van der Waals surface area contributed by atoms with Crippen molar-refractivity contribution < 1.29 is 19.0 Å². The van der Waals surface area contributed by atoms with Gasteiger partial charge in [0.15, 0.2) is 6.61 Å². The molecule has 0 radical (unpaired) electrons. The van der Waals surface area contributed by atoms with Crippen molar-refractivity contribution in [1.82, 2.24) is 4.90 Å². The van der Waals surface area contributed by atoms with E-state index in [0.717, 1.165) is 6.07 Å². The number of aliphatic hydroxyl groups excluding tert-OH is 1. The fourth-order valence-electron chi connectivity index (χ4n) is 1.94. The fraction of sp³-hybridized carbons (Fsp3) is 0.462. The molecule has 1 heterocycles. The van der Waals surface area contributed by atoms with Gasteiger partial charge in [-0.05, 0) is 31.0 Å². The molecule has 1 aliphatic heterocycles. The number of benzene rings is 1. The second-order valence-corrected chi connectivity index (χ2v) is 4.88. The van der Waals surface area contributed by atoms with Crippen molar-refractivity contribution in [3.05, 3.63) is 29.0 Å². The van der Waals surface area contributed by atoms with E-state index in [1.807, 2.05) is 0 Å². The standard InChI is InChI=1S/C13H15ClFNO3/c14-11-7-9(15)1-2-12(11)19-8-13(18)16-5-3-10(17)4-6-16/h1-2,7,10,17H,3-6,8H2. The van der Waals surface area contributed by atoms with Gasteiger partial charge in [-0.3, -0.25) is 4.79 Å². The number of ether oxygens (including phenoxy) is 1. The minimum atomic E-state index is -0.450. The number of carbonyl (C=O) groups excluding carboxylic acids is 1. The summed E-state index contributed by atoms with van der Waals surface area (Å²) in [5.74, 6) is -0.325. The SMILES string of the molecule is O=C(COc1ccc(F)cc1Cl)N1CCC(O)CC1. The van der Waals surface area contributed by atoms with Gasteiger partial charge in [0.1, 0.15) is 11.6 Å². The molecule has 0 atom stereocenters. The van der Waals surface area contributed by atoms with Gasteiger partial charge in [0.2, 0.25) is 0 Å². The van der Waals surface area contributed by atoms with Gasteiger partial charge in [-0.15, -0.1) is 0 Å². The second-order valence-electron chi connectivity index (χ2n) is 4.48. The van der Waals surface area contributed by atoms with Crippen molar-refractivity contribution in [2.75, 3.05) is 19.7 Å². The van der Waals surface area contributed by atoms with Crippen LogP contribution in [0.3, 0.4) is 0 Å². The van der Waals surface area contributed by atoms with Gasteiger partial charge < -0.3 is 14.7 Å². The molecule has 1 fully saturated rings. The number of amides is 1. The van der Waals surface area contributed by atoms with Gasteiger partial charge in [0.05, 0.1) is 11.1 Å². The zero-order valence-electron chi connectivity index (χ0n) is 10.3. The van der Waals surface area contributed by atoms with Crippen molar-refractivity contribution in [2.45, 2.75) is 18.9 Å². The second kappa shape index (κ2) is 6.21. The van der Waals surface area contributed by atoms with Crippen molar-refractivity contribution in [3.8, 4) is 5.75 Å². The van der Waals surface area contributed by atoms with Gasteiger partial charge in [-0.25, -0.2) is 4.39 Å². The molecule has 1 aromatic rings. The first-order valence-corrected chi connectivity index (χ1v) is 6.48. The van der Waals surface area contributed by atoms with Gasteiger partial charge in [0, 0.05) is 13.1 Å². The molecular weight excluding hydrogens is 273 g/mol. The molecule has 2 rings (SSSR count). The van der Waals surface area contributed by atoms with Gasteiger partial charge in [-0.1, -0.05) is 11.6 Å². The van der Waals surface area contributed by atoms with E-state index in [1.165, 1.54) is 12.1 Å². The molecular formula is C13H15ClFNO3. The average Bonchev–Trinajstić information content (AvgIpc) is 2.38. The summed E-state index contributed by atoms with van der Waals surface area (Å²) in [6, 6.07) is 3.76. The number of aliphatic hydroxyl groups is 1. The Hall–Kier alpha value is -1.33. The van der Waals surface area contributed by atoms with Gasteiger partial charge in [-0.2, -0.15) is 0 Å². The van der Waals surface area contributed by atoms with Crippen LogP contribution in [-0.4, -0.2) is 41.7 Å². The van der Waals surface area contributed by atoms with Crippen LogP contribution >= 0.6 is 11.6 Å². The maximum atomic E-state index is 12.8. The number of nitrogens with zero attached hydrogens (tertiary/aromatic N) is 1. The van der Waals surface area contributed by atoms with Crippen LogP contribution in [0.2, 0.25) is 5.02 Å². The topological polar surface area (TPSA) is 49.8 Å². The van der Waals surface area contributed by atoms with E-state index in [9.17, 15) is 14.3 Å². The summed E-state index contributed by atoms with van der Waals surface area (Å²) in [4.78, 5) is 13.5. The molecule has 4 nitrogen and oxygen atoms in total. The zero-order valence-corrected chi connectivity index (χ0v) is 11.1. The van der Waals surface area contributed by atoms with E-state index in [2.05, 4.69) is 0 Å². The third kappa shape index (κ3) is 3.81. The normalized spacial score (nSPS) is 16.5. The Morgan fingerprint density at radius 1 is 1.47 bits per heavy atom. The monoisotopic (exact) mass is 287 g/mol. The molecule has 0 spiro atoms. The highest BCUT2D eigenvalue weighted by atomic mass is 35.5. The number of piperidine rings is 1. The maximum absolute atomic E-state index is 12.8. The lowest BCUT2D eigenvalue weighted by molar-refractivity contribution is -0.135. The summed E-state index contributed by atoms with van der Waals surface area (Å²) in [6.45, 7) is 0.919. The lowest BCUT2D eigenvalue weighted by atomic mass is 10.1. The smallest absolute Gasteiger partial charge is 0.260 e. The Morgan fingerprint density at radius 3 is 2.79 bits per heavy atom. The summed E-state index contributed by atoms with van der Waals surface area (Å²) >= 11 is 5.79. The number of likely N-dealkylation sites (tertiary alicyclic amines) is 1. The third-order valence-electron chi connectivity index (χ3n) is 3.06. The Bertz CT molecular complexity index is 461. The Morgan fingerprint density at radius 2 is 2.16 bits per heavy atom. The van der Waals surface area contributed by atoms with Crippen molar-refractivity contribution in [2.24, 2.45) is 0 Å². The number of carbonyl (C=O) groups is 1. The van der Waals surface area contributed by atoms with Gasteiger partial charge >= 0.3 is 0 Å². The molecule has 1 N–H and O–H groups in total. The summed E-state index contributed by atoms with van der Waals surface area (Å²) in [6.07, 6.45) is 0.850. The van der Waals surface area contributed by atoms with E-state index in [1.54, 1.807) is 4.90 Å². The maximum Gasteiger partial charge on any atom is 0.260 e. The van der Waals surface area contributed by atoms with Crippen LogP contribution in [-0.2, 0) is 4.79 Å². The summed E-state index contributed by atoms with van der Waals surface area (Å²) in [5, 5.41) is 9.50. The van der Waals surface area contributed by atoms with E-state index in [0.29, 0.717) is 25.9 Å². The predicted octanol–water partition coefficient (Wildman–Crippen LogP) is 1.84.